The molecule has 0 fully saturated rings. The maximum absolute atomic E-state index is 10.7. The number of benzene rings is 1. The van der Waals surface area contributed by atoms with E-state index in [1.807, 2.05) is 44.2 Å². The summed E-state index contributed by atoms with van der Waals surface area (Å²) in [4.78, 5) is 0. The van der Waals surface area contributed by atoms with Gasteiger partial charge in [0.2, 0.25) is 0 Å². The Morgan fingerprint density at radius 1 is 1.37 bits per heavy atom. The van der Waals surface area contributed by atoms with Crippen molar-refractivity contribution >= 4 is 0 Å². The second kappa shape index (κ2) is 5.47. The van der Waals surface area contributed by atoms with E-state index in [1.165, 1.54) is 0 Å². The predicted octanol–water partition coefficient (Wildman–Crippen LogP) is 3.70. The normalized spacial score (nSPS) is 26.1. The van der Waals surface area contributed by atoms with Crippen LogP contribution in [0.25, 0.3) is 0 Å². The van der Waals surface area contributed by atoms with E-state index in [4.69, 9.17) is 0 Å². The molecule has 0 aliphatic heterocycles. The van der Waals surface area contributed by atoms with Crippen molar-refractivity contribution in [3.8, 4) is 11.8 Å². The Bertz CT molecular complexity index is 556. The van der Waals surface area contributed by atoms with Crippen molar-refractivity contribution < 1.29 is 5.11 Å². The Morgan fingerprint density at radius 2 is 2.05 bits per heavy atom. The highest BCUT2D eigenvalue weighted by atomic mass is 16.3. The first-order valence-corrected chi connectivity index (χ1v) is 6.64. The Morgan fingerprint density at radius 3 is 2.68 bits per heavy atom. The molecule has 1 heteroatoms. The molecule has 1 aliphatic carbocycles. The Labute approximate surface area is 115 Å². The van der Waals surface area contributed by atoms with Crippen LogP contribution in [0.3, 0.4) is 0 Å². The Hall–Kier alpha value is -1.78. The molecule has 0 saturated carbocycles. The zero-order valence-corrected chi connectivity index (χ0v) is 11.6. The minimum absolute atomic E-state index is 0.318. The predicted molar refractivity (Wildman–Crippen MR) is 79.6 cm³/mol. The van der Waals surface area contributed by atoms with Crippen LogP contribution in [0, 0.1) is 17.8 Å². The third kappa shape index (κ3) is 3.16. The van der Waals surface area contributed by atoms with Gasteiger partial charge in [-0.1, -0.05) is 48.3 Å². The summed E-state index contributed by atoms with van der Waals surface area (Å²) in [6.45, 7) is 7.97. The van der Waals surface area contributed by atoms with Gasteiger partial charge in [-0.05, 0) is 50.3 Å². The van der Waals surface area contributed by atoms with Crippen molar-refractivity contribution in [3.05, 3.63) is 59.7 Å². The van der Waals surface area contributed by atoms with Crippen LogP contribution in [0.5, 0.6) is 0 Å². The first kappa shape index (κ1) is 13.6. The standard InChI is InChI=1S/C18H20O/c1-14(2)17-10-9-15(3)18(19,13-17)12-11-16-7-5-4-6-8-16/h4-9,17,19H,1,10,13H2,2-3H3. The van der Waals surface area contributed by atoms with Crippen molar-refractivity contribution in [1.82, 2.24) is 0 Å². The van der Waals surface area contributed by atoms with Crippen molar-refractivity contribution in [3.63, 3.8) is 0 Å². The molecule has 0 radical (unpaired) electrons. The number of aliphatic hydroxyl groups is 1. The van der Waals surface area contributed by atoms with Crippen LogP contribution in [0.4, 0.5) is 0 Å². The van der Waals surface area contributed by atoms with Gasteiger partial charge in [-0.2, -0.15) is 0 Å². The second-order valence-electron chi connectivity index (χ2n) is 5.35. The van der Waals surface area contributed by atoms with Crippen LogP contribution in [0.1, 0.15) is 32.3 Å². The van der Waals surface area contributed by atoms with Crippen LogP contribution in [0.2, 0.25) is 0 Å². The van der Waals surface area contributed by atoms with Crippen LogP contribution >= 0.6 is 0 Å². The fraction of sp³-hybridized carbons (Fsp3) is 0.333. The van der Waals surface area contributed by atoms with E-state index in [1.54, 1.807) is 0 Å². The van der Waals surface area contributed by atoms with E-state index in [2.05, 4.69) is 24.5 Å². The molecule has 19 heavy (non-hydrogen) atoms. The molecule has 0 saturated heterocycles. The monoisotopic (exact) mass is 252 g/mol. The molecule has 2 rings (SSSR count). The lowest BCUT2D eigenvalue weighted by Gasteiger charge is -2.33. The lowest BCUT2D eigenvalue weighted by molar-refractivity contribution is 0.107. The molecule has 1 nitrogen and oxygen atoms in total. The third-order valence-corrected chi connectivity index (χ3v) is 3.79. The molecule has 0 amide bonds. The molecule has 0 aromatic heterocycles. The van der Waals surface area contributed by atoms with Crippen molar-refractivity contribution in [2.45, 2.75) is 32.3 Å². The summed E-state index contributed by atoms with van der Waals surface area (Å²) in [7, 11) is 0. The van der Waals surface area contributed by atoms with E-state index < -0.39 is 5.60 Å². The molecule has 1 N–H and O–H groups in total. The minimum Gasteiger partial charge on any atom is -0.374 e. The van der Waals surface area contributed by atoms with E-state index in [0.717, 1.165) is 23.1 Å². The summed E-state index contributed by atoms with van der Waals surface area (Å²) in [6, 6.07) is 9.77. The van der Waals surface area contributed by atoms with Gasteiger partial charge in [0.25, 0.3) is 0 Å². The number of allylic oxidation sites excluding steroid dienone is 2. The van der Waals surface area contributed by atoms with Crippen LogP contribution < -0.4 is 0 Å². The van der Waals surface area contributed by atoms with Gasteiger partial charge in [0.15, 0.2) is 0 Å². The van der Waals surface area contributed by atoms with Gasteiger partial charge in [-0.3, -0.25) is 0 Å². The first-order valence-electron chi connectivity index (χ1n) is 6.64. The van der Waals surface area contributed by atoms with E-state index >= 15 is 0 Å². The Kier molecular flexibility index (Phi) is 3.93. The maximum Gasteiger partial charge on any atom is 0.147 e. The van der Waals surface area contributed by atoms with E-state index in [9.17, 15) is 5.11 Å². The largest absolute Gasteiger partial charge is 0.374 e. The molecular weight excluding hydrogens is 232 g/mol. The average molecular weight is 252 g/mol. The molecule has 2 atom stereocenters. The highest BCUT2D eigenvalue weighted by molar-refractivity contribution is 5.41. The smallest absolute Gasteiger partial charge is 0.147 e. The molecule has 0 bridgehead atoms. The fourth-order valence-electron chi connectivity index (χ4n) is 2.31. The number of rotatable bonds is 1. The minimum atomic E-state index is -1.02. The summed E-state index contributed by atoms with van der Waals surface area (Å²) >= 11 is 0. The molecule has 0 heterocycles. The van der Waals surface area contributed by atoms with Gasteiger partial charge in [0.05, 0.1) is 0 Å². The highest BCUT2D eigenvalue weighted by Crippen LogP contribution is 2.35. The molecule has 2 unspecified atom stereocenters. The van der Waals surface area contributed by atoms with Gasteiger partial charge < -0.3 is 5.11 Å². The lowest BCUT2D eigenvalue weighted by Crippen LogP contribution is -2.34. The summed E-state index contributed by atoms with van der Waals surface area (Å²) in [5.74, 6) is 6.44. The zero-order valence-electron chi connectivity index (χ0n) is 11.6. The van der Waals surface area contributed by atoms with E-state index in [0.29, 0.717) is 12.3 Å². The summed E-state index contributed by atoms with van der Waals surface area (Å²) in [6.07, 6.45) is 3.68. The third-order valence-electron chi connectivity index (χ3n) is 3.79. The van der Waals surface area contributed by atoms with Crippen molar-refractivity contribution in [1.29, 1.82) is 0 Å². The topological polar surface area (TPSA) is 20.2 Å². The first-order chi connectivity index (χ1) is 9.01. The van der Waals surface area contributed by atoms with Crippen LogP contribution in [-0.2, 0) is 0 Å². The average Bonchev–Trinajstić information content (AvgIpc) is 2.41. The maximum atomic E-state index is 10.7. The highest BCUT2D eigenvalue weighted by Gasteiger charge is 2.33. The fourth-order valence-corrected chi connectivity index (χ4v) is 2.31. The quantitative estimate of drug-likeness (QED) is 0.597. The van der Waals surface area contributed by atoms with Gasteiger partial charge >= 0.3 is 0 Å². The zero-order chi connectivity index (χ0) is 13.9. The lowest BCUT2D eigenvalue weighted by atomic mass is 9.76. The molecule has 98 valence electrons. The molecular formula is C18H20O. The molecule has 1 aliphatic rings. The van der Waals surface area contributed by atoms with Gasteiger partial charge in [-0.15, -0.1) is 0 Å². The summed E-state index contributed by atoms with van der Waals surface area (Å²) in [5.41, 5.74) is 1.98. The molecule has 1 aromatic rings. The van der Waals surface area contributed by atoms with Crippen LogP contribution in [-0.4, -0.2) is 10.7 Å². The molecule has 0 spiro atoms. The summed E-state index contributed by atoms with van der Waals surface area (Å²) in [5, 5.41) is 10.7. The van der Waals surface area contributed by atoms with Gasteiger partial charge in [0, 0.05) is 5.56 Å². The second-order valence-corrected chi connectivity index (χ2v) is 5.35. The summed E-state index contributed by atoms with van der Waals surface area (Å²) < 4.78 is 0. The van der Waals surface area contributed by atoms with Crippen molar-refractivity contribution in [2.24, 2.45) is 5.92 Å². The molecule has 1 aromatic carbocycles. The van der Waals surface area contributed by atoms with Gasteiger partial charge in [-0.25, -0.2) is 0 Å². The van der Waals surface area contributed by atoms with Crippen LogP contribution in [0.15, 0.2) is 54.1 Å². The Balaban J connectivity index is 2.27. The number of hydrogen-bond donors (Lipinski definition) is 1. The number of hydrogen-bond acceptors (Lipinski definition) is 1. The van der Waals surface area contributed by atoms with Crippen molar-refractivity contribution in [2.75, 3.05) is 0 Å². The van der Waals surface area contributed by atoms with Gasteiger partial charge in [0.1, 0.15) is 5.60 Å². The van der Waals surface area contributed by atoms with E-state index in [-0.39, 0.29) is 0 Å². The SMILES string of the molecule is C=C(C)C1CC=C(C)C(O)(C#Cc2ccccc2)C1.